The Balaban J connectivity index is 0.000000253. The Morgan fingerprint density at radius 2 is 0.938 bits per heavy atom. The van der Waals surface area contributed by atoms with Crippen molar-refractivity contribution in [3.05, 3.63) is 108 Å². The van der Waals surface area contributed by atoms with Gasteiger partial charge in [0.15, 0.2) is 23.2 Å². The maximum Gasteiger partial charge on any atom is 0.515 e. The molecule has 0 saturated carbocycles. The van der Waals surface area contributed by atoms with Crippen LogP contribution in [0.2, 0.25) is 0 Å². The summed E-state index contributed by atoms with van der Waals surface area (Å²) in [5.41, 5.74) is -0.524. The molecule has 6 nitrogen and oxygen atoms in total. The van der Waals surface area contributed by atoms with E-state index < -0.39 is 51.7 Å². The largest absolute Gasteiger partial charge is 0.515 e. The zero-order chi connectivity index (χ0) is 34.5. The first-order valence-electron chi connectivity index (χ1n) is 14.8. The highest BCUT2D eigenvalue weighted by atomic mass is 32.3. The Labute approximate surface area is 272 Å². The Kier molecular flexibility index (Phi) is 11.0. The van der Waals surface area contributed by atoms with Gasteiger partial charge in [0, 0.05) is 37.6 Å². The number of hydrogen-bond acceptors (Lipinski definition) is 6. The van der Waals surface area contributed by atoms with Crippen LogP contribution >= 0.6 is 0 Å². The minimum atomic E-state index is -6.30. The minimum Gasteiger partial charge on any atom is -0.445 e. The van der Waals surface area contributed by atoms with Gasteiger partial charge in [-0.2, -0.15) is 0 Å². The van der Waals surface area contributed by atoms with E-state index in [0.717, 1.165) is 64.0 Å². The second kappa shape index (κ2) is 15.0. The molecule has 0 unspecified atom stereocenters. The molecule has 48 heavy (non-hydrogen) atoms. The first-order chi connectivity index (χ1) is 22.9. The highest BCUT2D eigenvalue weighted by Crippen LogP contribution is 2.34. The van der Waals surface area contributed by atoms with Gasteiger partial charge >= 0.3 is 17.2 Å². The summed E-state index contributed by atoms with van der Waals surface area (Å²) in [5.74, 6) is -13.0. The molecule has 2 fully saturated rings. The van der Waals surface area contributed by atoms with E-state index in [-0.39, 0.29) is 0 Å². The van der Waals surface area contributed by atoms with Crippen molar-refractivity contribution in [2.24, 2.45) is 0 Å². The maximum atomic E-state index is 14.4. The second-order valence-electron chi connectivity index (χ2n) is 10.6. The molecule has 0 atom stereocenters. The lowest BCUT2D eigenvalue weighted by Crippen LogP contribution is -2.41. The number of ether oxygens (including phenoxy) is 2. The molecule has 4 aromatic carbocycles. The van der Waals surface area contributed by atoms with Crippen LogP contribution in [0.25, 0.3) is 0 Å². The monoisotopic (exact) mass is 700 g/mol. The quantitative estimate of drug-likeness (QED) is 0.0703. The Hall–Kier alpha value is -4.15. The molecule has 4 aromatic rings. The molecule has 0 N–H and O–H groups in total. The van der Waals surface area contributed by atoms with Crippen molar-refractivity contribution in [1.82, 2.24) is 0 Å². The minimum absolute atomic E-state index is 0.581. The summed E-state index contributed by atoms with van der Waals surface area (Å²) in [4.78, 5) is 5.87. The number of para-hydroxylation sites is 1. The van der Waals surface area contributed by atoms with Crippen molar-refractivity contribution in [2.75, 3.05) is 62.4 Å². The summed E-state index contributed by atoms with van der Waals surface area (Å²) in [6.07, 6.45) is 0. The number of morpholine rings is 2. The fourth-order valence-corrected chi connectivity index (χ4v) is 6.90. The van der Waals surface area contributed by atoms with E-state index in [1.54, 1.807) is 0 Å². The lowest BCUT2D eigenvalue weighted by Gasteiger charge is -2.29. The molecule has 0 bridgehead atoms. The third kappa shape index (κ3) is 7.76. The van der Waals surface area contributed by atoms with Crippen LogP contribution in [0.5, 0.6) is 5.75 Å². The van der Waals surface area contributed by atoms with Crippen molar-refractivity contribution in [2.45, 2.75) is 9.79 Å². The predicted octanol–water partition coefficient (Wildman–Crippen LogP) is 6.71. The predicted molar refractivity (Wildman–Crippen MR) is 166 cm³/mol. The van der Waals surface area contributed by atoms with Crippen molar-refractivity contribution in [1.29, 1.82) is 0 Å². The lowest BCUT2D eigenvalue weighted by molar-refractivity contribution is 0.122. The standard InChI is InChI=1S/C26H29N2O4S.C6BF8/c29-33(32-24-4-2-1-3-5-24,25-10-6-22(7-11-25)27-14-18-30-19-15-27)26-12-8-23(9-13-26)28-16-20-31-21-17-28;8-2-1(7(13,14)15)3(9)5(11)6(12)4(2)10/h1-13H,14-21H2;/q+1;-1. The molecule has 0 amide bonds. The van der Waals surface area contributed by atoms with E-state index in [1.807, 2.05) is 78.9 Å². The number of hydrogen-bond donors (Lipinski definition) is 0. The topological polar surface area (TPSA) is 51.2 Å². The van der Waals surface area contributed by atoms with E-state index in [9.17, 15) is 39.1 Å². The third-order valence-electron chi connectivity index (χ3n) is 7.57. The molecule has 0 aromatic heterocycles. The highest BCUT2D eigenvalue weighted by molar-refractivity contribution is 7.99. The summed E-state index contributed by atoms with van der Waals surface area (Å²) >= 11 is 0. The van der Waals surface area contributed by atoms with Gasteiger partial charge in [0.05, 0.1) is 26.4 Å². The summed E-state index contributed by atoms with van der Waals surface area (Å²) in [5, 5.41) is 0. The molecule has 6 rings (SSSR count). The summed E-state index contributed by atoms with van der Waals surface area (Å²) in [6, 6.07) is 25.2. The third-order valence-corrected chi connectivity index (χ3v) is 9.79. The molecule has 0 radical (unpaired) electrons. The van der Waals surface area contributed by atoms with E-state index >= 15 is 0 Å². The fourth-order valence-electron chi connectivity index (χ4n) is 5.07. The average molecular weight is 700 g/mol. The summed E-state index contributed by atoms with van der Waals surface area (Å²) in [6.45, 7) is 0.0423. The summed E-state index contributed by atoms with van der Waals surface area (Å²) in [7, 11) is -2.98. The number of rotatable bonds is 7. The van der Waals surface area contributed by atoms with Crippen LogP contribution < -0.4 is 19.4 Å². The zero-order valence-electron chi connectivity index (χ0n) is 25.2. The Morgan fingerprint density at radius 1 is 0.562 bits per heavy atom. The van der Waals surface area contributed by atoms with Crippen LogP contribution in [0.4, 0.5) is 46.3 Å². The molecule has 16 heteroatoms. The number of anilines is 2. The van der Waals surface area contributed by atoms with Crippen LogP contribution in [0.1, 0.15) is 0 Å². The van der Waals surface area contributed by atoms with Gasteiger partial charge in [-0.1, -0.05) is 18.2 Å². The van der Waals surface area contributed by atoms with Gasteiger partial charge in [0.2, 0.25) is 9.79 Å². The van der Waals surface area contributed by atoms with E-state index in [2.05, 4.69) is 9.80 Å². The number of benzene rings is 4. The fraction of sp³-hybridized carbons (Fsp3) is 0.250. The average Bonchev–Trinajstić information content (AvgIpc) is 3.11. The van der Waals surface area contributed by atoms with Crippen LogP contribution in [0.3, 0.4) is 0 Å². The van der Waals surface area contributed by atoms with Crippen molar-refractivity contribution in [3.8, 4) is 5.75 Å². The van der Waals surface area contributed by atoms with Crippen LogP contribution in [0.15, 0.2) is 88.7 Å². The van der Waals surface area contributed by atoms with Gasteiger partial charge < -0.3 is 32.2 Å². The van der Waals surface area contributed by atoms with Gasteiger partial charge in [-0.15, -0.1) is 0 Å². The maximum absolute atomic E-state index is 14.4. The van der Waals surface area contributed by atoms with E-state index in [4.69, 9.17) is 13.7 Å². The molecular formula is C32H29BF8N2O4S. The molecule has 0 spiro atoms. The molecule has 256 valence electrons. The van der Waals surface area contributed by atoms with Crippen molar-refractivity contribution < 1.29 is 52.8 Å². The number of halogens is 8. The summed E-state index contributed by atoms with van der Waals surface area (Å²) < 4.78 is 129. The highest BCUT2D eigenvalue weighted by Gasteiger charge is 2.39. The van der Waals surface area contributed by atoms with E-state index in [1.165, 1.54) is 0 Å². The first kappa shape index (κ1) is 35.2. The van der Waals surface area contributed by atoms with Crippen LogP contribution in [-0.4, -0.2) is 59.6 Å². The second-order valence-corrected chi connectivity index (χ2v) is 12.8. The number of nitrogens with zero attached hydrogens (tertiary/aromatic N) is 2. The van der Waals surface area contributed by atoms with Gasteiger partial charge in [0.25, 0.3) is 0 Å². The van der Waals surface area contributed by atoms with Crippen LogP contribution in [-0.2, 0) is 23.9 Å². The van der Waals surface area contributed by atoms with Crippen LogP contribution in [0, 0.1) is 29.1 Å². The van der Waals surface area contributed by atoms with E-state index in [0.29, 0.717) is 15.5 Å². The first-order valence-corrected chi connectivity index (χ1v) is 16.2. The molecular weight excluding hydrogens is 671 g/mol. The van der Waals surface area contributed by atoms with Crippen molar-refractivity contribution in [3.63, 3.8) is 0 Å². The van der Waals surface area contributed by atoms with Gasteiger partial charge in [-0.25, -0.2) is 22.0 Å². The normalized spacial score (nSPS) is 15.5. The Bertz CT molecular complexity index is 1640. The van der Waals surface area contributed by atoms with Gasteiger partial charge in [-0.05, 0) is 70.3 Å². The van der Waals surface area contributed by atoms with Gasteiger partial charge in [0.1, 0.15) is 11.6 Å². The SMILES string of the molecule is Fc1c(F)c(F)c([B-](F)(F)F)c(F)c1F.O=[S+](Oc1ccccc1)(c1ccc(N2CCOCC2)cc1)c1ccc(N2CCOCC2)cc1. The molecule has 2 aliphatic rings. The Morgan fingerprint density at radius 3 is 1.31 bits per heavy atom. The molecule has 2 heterocycles. The molecule has 0 aliphatic carbocycles. The van der Waals surface area contributed by atoms with Crippen molar-refractivity contribution >= 4 is 34.0 Å². The smallest absolute Gasteiger partial charge is 0.445 e. The molecule has 2 saturated heterocycles. The van der Waals surface area contributed by atoms with Gasteiger partial charge in [-0.3, -0.25) is 4.18 Å². The molecule has 2 aliphatic heterocycles. The zero-order valence-corrected chi connectivity index (χ0v) is 26.0. The lowest BCUT2D eigenvalue weighted by atomic mass is 9.79.